The van der Waals surface area contributed by atoms with Crippen LogP contribution in [0, 0.1) is 19.9 Å². The number of hydrogen-bond donors (Lipinski definition) is 0. The molecule has 1 nitrogen and oxygen atoms in total. The average Bonchev–Trinajstić information content (AvgIpc) is 2.26. The molecule has 0 fully saturated rings. The third kappa shape index (κ3) is 7.41. The third-order valence-corrected chi connectivity index (χ3v) is 2.13. The van der Waals surface area contributed by atoms with Gasteiger partial charge in [0.1, 0.15) is 0 Å². The molecule has 0 N–H and O–H groups in total. The average molecular weight is 337 g/mol. The number of hydrogen-bond acceptors (Lipinski definition) is 1. The van der Waals surface area contributed by atoms with E-state index in [1.165, 1.54) is 29.2 Å². The van der Waals surface area contributed by atoms with E-state index < -0.39 is 0 Å². The van der Waals surface area contributed by atoms with Gasteiger partial charge in [-0.25, -0.2) is 0 Å². The van der Waals surface area contributed by atoms with E-state index in [-0.39, 0.29) is 0 Å². The monoisotopic (exact) mass is 334 g/mol. The molecule has 1 rings (SSSR count). The summed E-state index contributed by atoms with van der Waals surface area (Å²) < 4.78 is 5.65. The van der Waals surface area contributed by atoms with Crippen LogP contribution in [0.4, 0.5) is 0 Å². The van der Waals surface area contributed by atoms with E-state index in [0.717, 1.165) is 29.9 Å². The summed E-state index contributed by atoms with van der Waals surface area (Å²) in [5, 5.41) is 0. The van der Waals surface area contributed by atoms with E-state index in [1.807, 2.05) is 26.0 Å². The standard InChI is InChI=1S/C13H19O.BrH.Zn/c1-4-5-6-7-14-13-9-11(2)8-12(3)10-13;;/h9-10H,4-7H2,1-3H3;1H;/q-1;;+2/p-1. The fourth-order valence-corrected chi connectivity index (χ4v) is 1.48. The van der Waals surface area contributed by atoms with E-state index in [4.69, 9.17) is 4.74 Å². The molecule has 0 aliphatic heterocycles. The SMILES string of the molecule is CCCCCOc1cc(C)[c-]c(C)c1.[Zn+][Br]. The minimum atomic E-state index is 0.830. The van der Waals surface area contributed by atoms with Crippen LogP contribution in [0.3, 0.4) is 0 Å². The topological polar surface area (TPSA) is 9.23 Å². The Labute approximate surface area is 116 Å². The predicted molar refractivity (Wildman–Crippen MR) is 68.7 cm³/mol. The Hall–Kier alpha value is 0.123. The van der Waals surface area contributed by atoms with Crippen LogP contribution in [-0.2, 0) is 16.3 Å². The van der Waals surface area contributed by atoms with Crippen molar-refractivity contribution in [1.29, 1.82) is 0 Å². The quantitative estimate of drug-likeness (QED) is 0.436. The first-order valence-corrected chi connectivity index (χ1v) is 12.6. The normalized spacial score (nSPS) is 9.38. The zero-order valence-electron chi connectivity index (χ0n) is 10.5. The van der Waals surface area contributed by atoms with Crippen LogP contribution in [0.15, 0.2) is 12.1 Å². The van der Waals surface area contributed by atoms with Gasteiger partial charge in [-0.1, -0.05) is 33.6 Å². The third-order valence-electron chi connectivity index (χ3n) is 2.13. The predicted octanol–water partition coefficient (Wildman–Crippen LogP) is 4.52. The Morgan fingerprint density at radius 1 is 1.19 bits per heavy atom. The molecular formula is C13H19BrOZn. The summed E-state index contributed by atoms with van der Waals surface area (Å²) in [6, 6.07) is 7.31. The molecule has 0 radical (unpaired) electrons. The van der Waals surface area contributed by atoms with Crippen LogP contribution in [0.2, 0.25) is 0 Å². The molecule has 0 unspecified atom stereocenters. The number of halogens is 1. The van der Waals surface area contributed by atoms with Gasteiger partial charge in [-0.3, -0.25) is 0 Å². The summed E-state index contributed by atoms with van der Waals surface area (Å²) in [4.78, 5) is 0. The van der Waals surface area contributed by atoms with Crippen molar-refractivity contribution in [3.05, 3.63) is 29.3 Å². The van der Waals surface area contributed by atoms with Crippen LogP contribution in [0.25, 0.3) is 0 Å². The van der Waals surface area contributed by atoms with Crippen molar-refractivity contribution in [3.63, 3.8) is 0 Å². The fraction of sp³-hybridized carbons (Fsp3) is 0.538. The molecule has 0 spiro atoms. The first-order valence-electron chi connectivity index (χ1n) is 5.62. The zero-order valence-corrected chi connectivity index (χ0v) is 15.0. The summed E-state index contributed by atoms with van der Waals surface area (Å²) >= 11 is 4.25. The molecule has 0 amide bonds. The van der Waals surface area contributed by atoms with Crippen molar-refractivity contribution in [1.82, 2.24) is 0 Å². The van der Waals surface area contributed by atoms with E-state index in [9.17, 15) is 0 Å². The number of rotatable bonds is 5. The van der Waals surface area contributed by atoms with E-state index in [1.54, 1.807) is 0 Å². The molecule has 86 valence electrons. The summed E-state index contributed by atoms with van der Waals surface area (Å²) in [5.74, 6) is 0.981. The maximum absolute atomic E-state index is 5.65. The fourth-order valence-electron chi connectivity index (χ4n) is 1.48. The van der Waals surface area contributed by atoms with Gasteiger partial charge < -0.3 is 4.74 Å². The molecule has 1 aromatic carbocycles. The Morgan fingerprint density at radius 2 is 1.75 bits per heavy atom. The van der Waals surface area contributed by atoms with E-state index in [0.29, 0.717) is 0 Å². The van der Waals surface area contributed by atoms with Gasteiger partial charge in [0.25, 0.3) is 0 Å². The van der Waals surface area contributed by atoms with Crippen molar-refractivity contribution < 1.29 is 21.1 Å². The second kappa shape index (κ2) is 10.3. The van der Waals surface area contributed by atoms with Crippen LogP contribution in [-0.4, -0.2) is 6.61 Å². The van der Waals surface area contributed by atoms with Gasteiger partial charge in [0.2, 0.25) is 0 Å². The van der Waals surface area contributed by atoms with Crippen LogP contribution >= 0.6 is 13.6 Å². The van der Waals surface area contributed by atoms with Crippen molar-refractivity contribution in [2.24, 2.45) is 0 Å². The van der Waals surface area contributed by atoms with Gasteiger partial charge in [-0.2, -0.15) is 17.2 Å². The van der Waals surface area contributed by atoms with Gasteiger partial charge in [0.05, 0.1) is 6.61 Å². The molecule has 0 saturated heterocycles. The molecule has 0 atom stereocenters. The van der Waals surface area contributed by atoms with Crippen LogP contribution in [0.5, 0.6) is 5.75 Å². The van der Waals surface area contributed by atoms with Gasteiger partial charge in [0.15, 0.2) is 0 Å². The molecule has 0 aliphatic carbocycles. The minimum absolute atomic E-state index is 0.830. The number of benzene rings is 1. The number of unbranched alkanes of at least 4 members (excludes halogenated alkanes) is 2. The molecule has 16 heavy (non-hydrogen) atoms. The van der Waals surface area contributed by atoms with Crippen molar-refractivity contribution in [2.45, 2.75) is 40.0 Å². The van der Waals surface area contributed by atoms with Crippen molar-refractivity contribution >= 4 is 13.6 Å². The Kier molecular flexibility index (Phi) is 10.4. The number of aryl methyl sites for hydroxylation is 2. The Morgan fingerprint density at radius 3 is 2.25 bits per heavy atom. The van der Waals surface area contributed by atoms with Crippen molar-refractivity contribution in [3.8, 4) is 5.75 Å². The van der Waals surface area contributed by atoms with Crippen LogP contribution in [0.1, 0.15) is 37.3 Å². The summed E-state index contributed by atoms with van der Waals surface area (Å²) in [6.07, 6.45) is 3.63. The molecule has 0 aromatic heterocycles. The van der Waals surface area contributed by atoms with Crippen LogP contribution < -0.4 is 4.74 Å². The van der Waals surface area contributed by atoms with Gasteiger partial charge >= 0.3 is 30.0 Å². The van der Waals surface area contributed by atoms with E-state index in [2.05, 4.69) is 26.6 Å². The Balaban J connectivity index is 0.00000106. The zero-order chi connectivity index (χ0) is 12.4. The van der Waals surface area contributed by atoms with Gasteiger partial charge in [-0.05, 0) is 6.42 Å². The Bertz CT molecular complexity index is 269. The van der Waals surface area contributed by atoms with E-state index >= 15 is 0 Å². The molecule has 3 heteroatoms. The summed E-state index contributed by atoms with van der Waals surface area (Å²) in [5.41, 5.74) is 2.30. The first kappa shape index (κ1) is 16.1. The first-order chi connectivity index (χ1) is 7.72. The molecule has 0 saturated carbocycles. The molecular weight excluding hydrogens is 317 g/mol. The number of ether oxygens (including phenoxy) is 1. The molecule has 0 heterocycles. The molecule has 0 aliphatic rings. The van der Waals surface area contributed by atoms with Gasteiger partial charge in [-0.15, -0.1) is 12.1 Å². The second-order valence-electron chi connectivity index (χ2n) is 3.74. The van der Waals surface area contributed by atoms with Gasteiger partial charge in [0, 0.05) is 5.75 Å². The second-order valence-corrected chi connectivity index (χ2v) is 3.74. The van der Waals surface area contributed by atoms with Crippen molar-refractivity contribution in [2.75, 3.05) is 6.61 Å². The summed E-state index contributed by atoms with van der Waals surface area (Å²) in [6.45, 7) is 7.13. The summed E-state index contributed by atoms with van der Waals surface area (Å²) in [7, 11) is 0. The molecule has 0 bridgehead atoms. The maximum atomic E-state index is 5.65. The molecule has 1 aromatic rings.